The van der Waals surface area contributed by atoms with Crippen LogP contribution in [0.2, 0.25) is 5.02 Å². The Morgan fingerprint density at radius 1 is 1.15 bits per heavy atom. The number of furan rings is 1. The lowest BCUT2D eigenvalue weighted by Gasteiger charge is -2.33. The van der Waals surface area contributed by atoms with Gasteiger partial charge in [-0.25, -0.2) is 4.79 Å². The molecule has 1 aliphatic heterocycles. The summed E-state index contributed by atoms with van der Waals surface area (Å²) in [5.74, 6) is 0.752. The molecule has 0 bridgehead atoms. The summed E-state index contributed by atoms with van der Waals surface area (Å²) < 4.78 is 13.6. The van der Waals surface area contributed by atoms with Crippen LogP contribution in [0.15, 0.2) is 59.0 Å². The Labute approximate surface area is 232 Å². The van der Waals surface area contributed by atoms with E-state index in [1.807, 2.05) is 87.0 Å². The highest BCUT2D eigenvalue weighted by molar-refractivity contribution is 6.31. The number of rotatable bonds is 5. The van der Waals surface area contributed by atoms with Crippen molar-refractivity contribution in [3.05, 3.63) is 70.9 Å². The molecule has 4 aromatic rings. The van der Waals surface area contributed by atoms with Crippen molar-refractivity contribution in [2.45, 2.75) is 52.7 Å². The molecule has 204 valence electrons. The number of carbonyl (C=O) groups is 2. The van der Waals surface area contributed by atoms with Crippen LogP contribution in [0, 0.1) is 12.8 Å². The van der Waals surface area contributed by atoms with E-state index >= 15 is 0 Å². The molecule has 3 heterocycles. The van der Waals surface area contributed by atoms with Gasteiger partial charge in [0.2, 0.25) is 5.91 Å². The zero-order chi connectivity index (χ0) is 27.7. The van der Waals surface area contributed by atoms with E-state index in [9.17, 15) is 9.59 Å². The average Bonchev–Trinajstić information content (AvgIpc) is 3.46. The number of benzene rings is 2. The van der Waals surface area contributed by atoms with Gasteiger partial charge in [-0.15, -0.1) is 0 Å². The number of carbonyl (C=O) groups excluding carboxylic acids is 2. The molecule has 2 amide bonds. The standard InChI is InChI=1S/C30H33ClN4O4/c1-19-13-26(32-28(36)21-11-8-12-34(17-21)29(37)39-30(2,3)4)33-35(19)18-23-15-24(31)14-22-16-25(38-27(22)23)20-9-6-5-7-10-20/h5-7,9-10,13-16,21H,8,11-12,17-18H2,1-4H3,(H,32,33,36)/t21-/m1/s1. The molecule has 9 heteroatoms. The maximum atomic E-state index is 13.1. The molecular formula is C30H33ClN4O4. The SMILES string of the molecule is Cc1cc(NC(=O)[C@@H]2CCCN(C(=O)OC(C)(C)C)C2)nn1Cc1cc(Cl)cc2cc(-c3ccccc3)oc12. The number of amides is 2. The minimum absolute atomic E-state index is 0.156. The normalized spacial score (nSPS) is 15.9. The van der Waals surface area contributed by atoms with Gasteiger partial charge in [0, 0.05) is 46.4 Å². The Bertz CT molecular complexity index is 1500. The van der Waals surface area contributed by atoms with Gasteiger partial charge in [-0.3, -0.25) is 9.48 Å². The highest BCUT2D eigenvalue weighted by atomic mass is 35.5. The number of anilines is 1. The summed E-state index contributed by atoms with van der Waals surface area (Å²) in [6.07, 6.45) is 1.05. The minimum Gasteiger partial charge on any atom is -0.456 e. The Morgan fingerprint density at radius 2 is 1.92 bits per heavy atom. The van der Waals surface area contributed by atoms with Crippen molar-refractivity contribution >= 4 is 40.4 Å². The van der Waals surface area contributed by atoms with Crippen molar-refractivity contribution in [1.29, 1.82) is 0 Å². The molecule has 2 aromatic heterocycles. The zero-order valence-corrected chi connectivity index (χ0v) is 23.4. The molecule has 0 aliphatic carbocycles. The van der Waals surface area contributed by atoms with Crippen LogP contribution in [0.25, 0.3) is 22.3 Å². The van der Waals surface area contributed by atoms with E-state index in [2.05, 4.69) is 10.4 Å². The second kappa shape index (κ2) is 10.8. The fourth-order valence-corrected chi connectivity index (χ4v) is 5.10. The molecule has 2 aromatic carbocycles. The number of aryl methyl sites for hydroxylation is 1. The van der Waals surface area contributed by atoms with Crippen molar-refractivity contribution in [3.63, 3.8) is 0 Å². The third-order valence-electron chi connectivity index (χ3n) is 6.71. The van der Waals surface area contributed by atoms with Gasteiger partial charge in [0.05, 0.1) is 12.5 Å². The molecule has 0 spiro atoms. The first-order valence-corrected chi connectivity index (χ1v) is 13.5. The second-order valence-corrected chi connectivity index (χ2v) is 11.5. The van der Waals surface area contributed by atoms with Gasteiger partial charge in [0.25, 0.3) is 0 Å². The molecule has 5 rings (SSSR count). The maximum Gasteiger partial charge on any atom is 0.410 e. The largest absolute Gasteiger partial charge is 0.456 e. The number of fused-ring (bicyclic) bond motifs is 1. The summed E-state index contributed by atoms with van der Waals surface area (Å²) in [7, 11) is 0. The van der Waals surface area contributed by atoms with E-state index in [4.69, 9.17) is 20.8 Å². The van der Waals surface area contributed by atoms with Crippen molar-refractivity contribution in [3.8, 4) is 11.3 Å². The lowest BCUT2D eigenvalue weighted by atomic mass is 9.97. The van der Waals surface area contributed by atoms with Crippen LogP contribution in [-0.4, -0.2) is 45.4 Å². The third kappa shape index (κ3) is 6.28. The molecule has 0 radical (unpaired) electrons. The quantitative estimate of drug-likeness (QED) is 0.293. The van der Waals surface area contributed by atoms with Crippen molar-refractivity contribution in [2.24, 2.45) is 5.92 Å². The van der Waals surface area contributed by atoms with Gasteiger partial charge >= 0.3 is 6.09 Å². The summed E-state index contributed by atoms with van der Waals surface area (Å²) in [4.78, 5) is 27.2. The van der Waals surface area contributed by atoms with E-state index in [1.54, 1.807) is 4.90 Å². The minimum atomic E-state index is -0.579. The summed E-state index contributed by atoms with van der Waals surface area (Å²) in [6.45, 7) is 8.77. The summed E-state index contributed by atoms with van der Waals surface area (Å²) in [5.41, 5.74) is 2.94. The number of hydrogen-bond donors (Lipinski definition) is 1. The number of halogens is 1. The first kappa shape index (κ1) is 26.8. The van der Waals surface area contributed by atoms with Gasteiger partial charge in [0.15, 0.2) is 5.82 Å². The van der Waals surface area contributed by atoms with Crippen LogP contribution < -0.4 is 5.32 Å². The van der Waals surface area contributed by atoms with E-state index < -0.39 is 5.60 Å². The van der Waals surface area contributed by atoms with E-state index in [-0.39, 0.29) is 17.9 Å². The first-order valence-electron chi connectivity index (χ1n) is 13.2. The molecule has 1 aliphatic rings. The van der Waals surface area contributed by atoms with Crippen molar-refractivity contribution in [1.82, 2.24) is 14.7 Å². The van der Waals surface area contributed by atoms with Gasteiger partial charge in [-0.05, 0) is 58.7 Å². The lowest BCUT2D eigenvalue weighted by molar-refractivity contribution is -0.121. The molecular weight excluding hydrogens is 516 g/mol. The lowest BCUT2D eigenvalue weighted by Crippen LogP contribution is -2.45. The second-order valence-electron chi connectivity index (χ2n) is 11.0. The highest BCUT2D eigenvalue weighted by Crippen LogP contribution is 2.33. The molecule has 1 saturated heterocycles. The summed E-state index contributed by atoms with van der Waals surface area (Å²) >= 11 is 6.45. The number of ether oxygens (including phenoxy) is 1. The van der Waals surface area contributed by atoms with Crippen LogP contribution in [0.1, 0.15) is 44.9 Å². The number of aromatic nitrogens is 2. The Kier molecular flexibility index (Phi) is 7.40. The first-order chi connectivity index (χ1) is 18.6. The smallest absolute Gasteiger partial charge is 0.410 e. The van der Waals surface area contributed by atoms with Crippen LogP contribution >= 0.6 is 11.6 Å². The van der Waals surface area contributed by atoms with Gasteiger partial charge < -0.3 is 19.4 Å². The topological polar surface area (TPSA) is 89.6 Å². The fraction of sp³-hybridized carbons (Fsp3) is 0.367. The van der Waals surface area contributed by atoms with Crippen LogP contribution in [0.5, 0.6) is 0 Å². The Morgan fingerprint density at radius 3 is 2.67 bits per heavy atom. The molecule has 39 heavy (non-hydrogen) atoms. The Balaban J connectivity index is 1.30. The van der Waals surface area contributed by atoms with Gasteiger partial charge in [-0.1, -0.05) is 41.9 Å². The number of piperidine rings is 1. The number of nitrogens with zero attached hydrogens (tertiary/aromatic N) is 3. The molecule has 0 unspecified atom stereocenters. The monoisotopic (exact) mass is 548 g/mol. The van der Waals surface area contributed by atoms with Crippen LogP contribution in [-0.2, 0) is 16.1 Å². The van der Waals surface area contributed by atoms with Crippen LogP contribution in [0.4, 0.5) is 10.6 Å². The van der Waals surface area contributed by atoms with Crippen LogP contribution in [0.3, 0.4) is 0 Å². The van der Waals surface area contributed by atoms with Crippen molar-refractivity contribution in [2.75, 3.05) is 18.4 Å². The van der Waals surface area contributed by atoms with Gasteiger partial charge in [-0.2, -0.15) is 5.10 Å². The average molecular weight is 549 g/mol. The number of likely N-dealkylation sites (tertiary alicyclic amines) is 1. The highest BCUT2D eigenvalue weighted by Gasteiger charge is 2.31. The van der Waals surface area contributed by atoms with E-state index in [1.165, 1.54) is 0 Å². The number of hydrogen-bond acceptors (Lipinski definition) is 5. The van der Waals surface area contributed by atoms with Crippen molar-refractivity contribution < 1.29 is 18.7 Å². The molecule has 1 fully saturated rings. The molecule has 1 atom stereocenters. The summed E-state index contributed by atoms with van der Waals surface area (Å²) in [5, 5.41) is 9.11. The molecule has 1 N–H and O–H groups in total. The number of nitrogens with one attached hydrogen (secondary N) is 1. The van der Waals surface area contributed by atoms with Gasteiger partial charge in [0.1, 0.15) is 16.9 Å². The summed E-state index contributed by atoms with van der Waals surface area (Å²) in [6, 6.07) is 17.5. The zero-order valence-electron chi connectivity index (χ0n) is 22.7. The molecule has 8 nitrogen and oxygen atoms in total. The fourth-order valence-electron chi connectivity index (χ4n) is 4.85. The van der Waals surface area contributed by atoms with E-state index in [0.29, 0.717) is 36.9 Å². The predicted octanol–water partition coefficient (Wildman–Crippen LogP) is 6.89. The predicted molar refractivity (Wildman–Crippen MR) is 152 cm³/mol. The maximum absolute atomic E-state index is 13.1. The van der Waals surface area contributed by atoms with E-state index in [0.717, 1.165) is 40.0 Å². The molecule has 0 saturated carbocycles. The Hall–Kier alpha value is -3.78. The third-order valence-corrected chi connectivity index (χ3v) is 6.93.